The van der Waals surface area contributed by atoms with Gasteiger partial charge in [-0.1, -0.05) is 11.6 Å². The number of nitrogens with zero attached hydrogens (tertiary/aromatic N) is 2. The molecular weight excluding hydrogens is 452 g/mol. The van der Waals surface area contributed by atoms with Crippen LogP contribution >= 0.6 is 23.8 Å². The maximum absolute atomic E-state index is 13.4. The Morgan fingerprint density at radius 1 is 1.16 bits per heavy atom. The van der Waals surface area contributed by atoms with Crippen LogP contribution in [0.3, 0.4) is 0 Å². The average Bonchev–Trinajstić information content (AvgIpc) is 3.00. The fourth-order valence-electron chi connectivity index (χ4n) is 3.25. The van der Waals surface area contributed by atoms with Crippen molar-refractivity contribution in [2.24, 2.45) is 0 Å². The van der Waals surface area contributed by atoms with E-state index in [1.807, 2.05) is 19.9 Å². The highest BCUT2D eigenvalue weighted by atomic mass is 35.5. The summed E-state index contributed by atoms with van der Waals surface area (Å²) in [4.78, 5) is 28.3. The molecule has 1 heterocycles. The summed E-state index contributed by atoms with van der Waals surface area (Å²) in [5.41, 5.74) is 2.38. The minimum atomic E-state index is -0.523. The Kier molecular flexibility index (Phi) is 7.37. The van der Waals surface area contributed by atoms with Gasteiger partial charge in [-0.25, -0.2) is 0 Å². The van der Waals surface area contributed by atoms with Crippen molar-refractivity contribution in [2.45, 2.75) is 13.8 Å². The quantitative estimate of drug-likeness (QED) is 0.338. The van der Waals surface area contributed by atoms with E-state index in [1.54, 1.807) is 43.5 Å². The molecule has 0 unspecified atom stereocenters. The molecule has 1 aliphatic heterocycles. The lowest BCUT2D eigenvalue weighted by Crippen LogP contribution is -2.35. The zero-order chi connectivity index (χ0) is 23.4. The third-order valence-electron chi connectivity index (χ3n) is 4.88. The Hall–Kier alpha value is -3.10. The second kappa shape index (κ2) is 10.0. The molecule has 9 heteroatoms. The number of methoxy groups -OCH3 is 2. The van der Waals surface area contributed by atoms with Gasteiger partial charge in [-0.05, 0) is 79.7 Å². The van der Waals surface area contributed by atoms with E-state index in [1.165, 1.54) is 16.9 Å². The molecule has 7 nitrogen and oxygen atoms in total. The van der Waals surface area contributed by atoms with Crippen LogP contribution in [0.25, 0.3) is 6.08 Å². The molecule has 3 rings (SSSR count). The van der Waals surface area contributed by atoms with Crippen LogP contribution in [-0.2, 0) is 14.3 Å². The number of anilines is 1. The number of hydrogen-bond donors (Lipinski definition) is 0. The first-order valence-corrected chi connectivity index (χ1v) is 10.6. The smallest absolute Gasteiger partial charge is 0.325 e. The van der Waals surface area contributed by atoms with Crippen LogP contribution in [0.5, 0.6) is 11.5 Å². The van der Waals surface area contributed by atoms with Crippen molar-refractivity contribution in [2.75, 3.05) is 32.3 Å². The summed E-state index contributed by atoms with van der Waals surface area (Å²) in [5, 5.41) is 0.705. The van der Waals surface area contributed by atoms with Gasteiger partial charge in [0.2, 0.25) is 0 Å². The van der Waals surface area contributed by atoms with E-state index >= 15 is 0 Å². The van der Waals surface area contributed by atoms with Crippen LogP contribution in [-0.4, -0.2) is 49.3 Å². The SMILES string of the molecule is CCOc1cc(/C=C2/C(=O)N(c3ccc(Cl)cc3)C(=S)N2CC(=O)OC)c(C)cc1OC. The second-order valence-corrected chi connectivity index (χ2v) is 7.69. The van der Waals surface area contributed by atoms with E-state index in [4.69, 9.17) is 38.0 Å². The van der Waals surface area contributed by atoms with Crippen LogP contribution in [0.2, 0.25) is 5.02 Å². The summed E-state index contributed by atoms with van der Waals surface area (Å²) in [5.74, 6) is 0.253. The van der Waals surface area contributed by atoms with Gasteiger partial charge in [0.05, 0.1) is 26.5 Å². The maximum Gasteiger partial charge on any atom is 0.325 e. The van der Waals surface area contributed by atoms with Crippen molar-refractivity contribution in [1.82, 2.24) is 4.90 Å². The van der Waals surface area contributed by atoms with Gasteiger partial charge in [0.15, 0.2) is 16.6 Å². The van der Waals surface area contributed by atoms with Crippen LogP contribution in [0.4, 0.5) is 5.69 Å². The fourth-order valence-corrected chi connectivity index (χ4v) is 3.73. The number of rotatable bonds is 7. The Labute approximate surface area is 197 Å². The van der Waals surface area contributed by atoms with E-state index in [0.29, 0.717) is 28.8 Å². The molecule has 168 valence electrons. The van der Waals surface area contributed by atoms with Crippen molar-refractivity contribution in [3.05, 3.63) is 58.2 Å². The highest BCUT2D eigenvalue weighted by Gasteiger charge is 2.40. The van der Waals surface area contributed by atoms with Gasteiger partial charge in [0.1, 0.15) is 12.2 Å². The molecule has 0 aromatic heterocycles. The molecule has 2 aromatic carbocycles. The number of hydrogen-bond acceptors (Lipinski definition) is 6. The number of halogens is 1. The molecule has 0 atom stereocenters. The van der Waals surface area contributed by atoms with Crippen molar-refractivity contribution in [3.63, 3.8) is 0 Å². The summed E-state index contributed by atoms with van der Waals surface area (Å²) in [6.07, 6.45) is 1.69. The van der Waals surface area contributed by atoms with E-state index < -0.39 is 5.97 Å². The lowest BCUT2D eigenvalue weighted by Gasteiger charge is -2.19. The number of ether oxygens (including phenoxy) is 3. The molecule has 0 saturated carbocycles. The molecule has 1 aliphatic rings. The first-order chi connectivity index (χ1) is 15.3. The number of carbonyl (C=O) groups excluding carboxylic acids is 2. The summed E-state index contributed by atoms with van der Waals surface area (Å²) >= 11 is 11.5. The molecule has 0 N–H and O–H groups in total. The van der Waals surface area contributed by atoms with Gasteiger partial charge in [-0.15, -0.1) is 0 Å². The average molecular weight is 475 g/mol. The van der Waals surface area contributed by atoms with E-state index in [9.17, 15) is 9.59 Å². The van der Waals surface area contributed by atoms with Gasteiger partial charge in [0.25, 0.3) is 5.91 Å². The summed E-state index contributed by atoms with van der Waals surface area (Å²) in [7, 11) is 2.85. The zero-order valence-electron chi connectivity index (χ0n) is 18.2. The number of aryl methyl sites for hydroxylation is 1. The summed E-state index contributed by atoms with van der Waals surface area (Å²) in [6, 6.07) is 10.3. The maximum atomic E-state index is 13.4. The minimum Gasteiger partial charge on any atom is -0.493 e. The standard InChI is InChI=1S/C23H23ClN2O5S/c1-5-31-20-12-15(14(2)10-19(20)29-3)11-18-22(28)26(17-8-6-16(24)7-9-17)23(32)25(18)13-21(27)30-4/h6-12H,5,13H2,1-4H3/b18-11-. The summed E-state index contributed by atoms with van der Waals surface area (Å²) in [6.45, 7) is 4.02. The third kappa shape index (κ3) is 4.71. The molecular formula is C23H23ClN2O5S. The highest BCUT2D eigenvalue weighted by Crippen LogP contribution is 2.34. The Morgan fingerprint density at radius 3 is 2.44 bits per heavy atom. The molecule has 0 radical (unpaired) electrons. The van der Waals surface area contributed by atoms with E-state index in [2.05, 4.69) is 0 Å². The van der Waals surface area contributed by atoms with Crippen molar-refractivity contribution < 1.29 is 23.8 Å². The lowest BCUT2D eigenvalue weighted by atomic mass is 10.1. The fraction of sp³-hybridized carbons (Fsp3) is 0.261. The summed E-state index contributed by atoms with van der Waals surface area (Å²) < 4.78 is 15.9. The topological polar surface area (TPSA) is 68.3 Å². The lowest BCUT2D eigenvalue weighted by molar-refractivity contribution is -0.140. The normalized spacial score (nSPS) is 14.8. The Bertz CT molecular complexity index is 1080. The molecule has 0 bridgehead atoms. The van der Waals surface area contributed by atoms with Gasteiger partial charge in [-0.3, -0.25) is 14.5 Å². The largest absolute Gasteiger partial charge is 0.493 e. The van der Waals surface area contributed by atoms with Gasteiger partial charge in [0, 0.05) is 5.02 Å². The minimum absolute atomic E-state index is 0.171. The van der Waals surface area contributed by atoms with E-state index in [-0.39, 0.29) is 23.3 Å². The van der Waals surface area contributed by atoms with Crippen LogP contribution in [0.1, 0.15) is 18.1 Å². The third-order valence-corrected chi connectivity index (χ3v) is 5.53. The molecule has 0 aliphatic carbocycles. The first kappa shape index (κ1) is 23.6. The van der Waals surface area contributed by atoms with Crippen LogP contribution < -0.4 is 14.4 Å². The van der Waals surface area contributed by atoms with Crippen molar-refractivity contribution in [1.29, 1.82) is 0 Å². The second-order valence-electron chi connectivity index (χ2n) is 6.88. The predicted octanol–water partition coefficient (Wildman–Crippen LogP) is 4.20. The molecule has 32 heavy (non-hydrogen) atoms. The van der Waals surface area contributed by atoms with Gasteiger partial charge in [-0.2, -0.15) is 0 Å². The number of esters is 1. The first-order valence-electron chi connectivity index (χ1n) is 9.82. The van der Waals surface area contributed by atoms with E-state index in [0.717, 1.165) is 11.1 Å². The van der Waals surface area contributed by atoms with Gasteiger partial charge >= 0.3 is 5.97 Å². The monoisotopic (exact) mass is 474 g/mol. The molecule has 1 saturated heterocycles. The molecule has 0 spiro atoms. The van der Waals surface area contributed by atoms with Crippen molar-refractivity contribution in [3.8, 4) is 11.5 Å². The molecule has 2 aromatic rings. The number of carbonyl (C=O) groups is 2. The predicted molar refractivity (Wildman–Crippen MR) is 127 cm³/mol. The highest BCUT2D eigenvalue weighted by molar-refractivity contribution is 7.80. The number of benzene rings is 2. The Balaban J connectivity index is 2.10. The van der Waals surface area contributed by atoms with Crippen molar-refractivity contribution >= 4 is 52.6 Å². The van der Waals surface area contributed by atoms with Crippen LogP contribution in [0, 0.1) is 6.92 Å². The molecule has 1 amide bonds. The zero-order valence-corrected chi connectivity index (χ0v) is 19.7. The molecule has 1 fully saturated rings. The van der Waals surface area contributed by atoms with Gasteiger partial charge < -0.3 is 19.1 Å². The number of amides is 1. The number of thiocarbonyl (C=S) groups is 1. The Morgan fingerprint density at radius 2 is 1.84 bits per heavy atom. The van der Waals surface area contributed by atoms with Crippen LogP contribution in [0.15, 0.2) is 42.1 Å².